The molecule has 0 saturated heterocycles. The maximum atomic E-state index is 12.6. The van der Waals surface area contributed by atoms with Gasteiger partial charge in [-0.2, -0.15) is 0 Å². The summed E-state index contributed by atoms with van der Waals surface area (Å²) in [4.78, 5) is 41.2. The quantitative estimate of drug-likeness (QED) is 0.403. The zero-order valence-corrected chi connectivity index (χ0v) is 16.9. The SMILES string of the molecule is COc1cc(OC)cc(C(=O)Oc2cccnc2C(=O)COC(=O)c2ccccc2)c1. The van der Waals surface area contributed by atoms with Crippen molar-refractivity contribution in [3.63, 3.8) is 0 Å². The Morgan fingerprint density at radius 3 is 2.13 bits per heavy atom. The van der Waals surface area contributed by atoms with E-state index in [-0.39, 0.29) is 17.0 Å². The number of aromatic nitrogens is 1. The van der Waals surface area contributed by atoms with E-state index < -0.39 is 24.3 Å². The second-order valence-electron chi connectivity index (χ2n) is 6.21. The molecule has 0 bridgehead atoms. The Morgan fingerprint density at radius 2 is 1.48 bits per heavy atom. The number of ether oxygens (including phenoxy) is 4. The van der Waals surface area contributed by atoms with Gasteiger partial charge in [0.15, 0.2) is 18.1 Å². The second-order valence-corrected chi connectivity index (χ2v) is 6.21. The van der Waals surface area contributed by atoms with Crippen molar-refractivity contribution in [1.29, 1.82) is 0 Å². The minimum atomic E-state index is -0.736. The molecule has 0 unspecified atom stereocenters. The minimum absolute atomic E-state index is 0.0601. The molecule has 0 amide bonds. The van der Waals surface area contributed by atoms with E-state index in [1.54, 1.807) is 36.4 Å². The normalized spacial score (nSPS) is 10.1. The van der Waals surface area contributed by atoms with Crippen molar-refractivity contribution in [1.82, 2.24) is 4.98 Å². The number of hydrogen-bond acceptors (Lipinski definition) is 8. The molecule has 31 heavy (non-hydrogen) atoms. The van der Waals surface area contributed by atoms with Gasteiger partial charge in [0.2, 0.25) is 5.78 Å². The highest BCUT2D eigenvalue weighted by Gasteiger charge is 2.20. The first-order valence-electron chi connectivity index (χ1n) is 9.17. The van der Waals surface area contributed by atoms with Gasteiger partial charge in [0.1, 0.15) is 11.5 Å². The second kappa shape index (κ2) is 10.0. The number of benzene rings is 2. The van der Waals surface area contributed by atoms with Crippen molar-refractivity contribution in [3.8, 4) is 17.2 Å². The van der Waals surface area contributed by atoms with Gasteiger partial charge in [-0.15, -0.1) is 0 Å². The molecule has 3 aromatic rings. The molecule has 0 N–H and O–H groups in total. The van der Waals surface area contributed by atoms with Crippen LogP contribution in [-0.2, 0) is 4.74 Å². The Kier molecular flexibility index (Phi) is 6.95. The van der Waals surface area contributed by atoms with Crippen LogP contribution in [0.25, 0.3) is 0 Å². The number of methoxy groups -OCH3 is 2. The molecule has 0 saturated carbocycles. The summed E-state index contributed by atoms with van der Waals surface area (Å²) in [5, 5.41) is 0. The topological polar surface area (TPSA) is 101 Å². The Bertz CT molecular complexity index is 1070. The van der Waals surface area contributed by atoms with E-state index in [2.05, 4.69) is 4.98 Å². The fourth-order valence-electron chi connectivity index (χ4n) is 2.62. The molecule has 0 fully saturated rings. The van der Waals surface area contributed by atoms with Crippen LogP contribution in [0.3, 0.4) is 0 Å². The molecule has 0 atom stereocenters. The van der Waals surface area contributed by atoms with Crippen molar-refractivity contribution in [2.24, 2.45) is 0 Å². The van der Waals surface area contributed by atoms with E-state index in [1.807, 2.05) is 0 Å². The van der Waals surface area contributed by atoms with E-state index >= 15 is 0 Å². The highest BCUT2D eigenvalue weighted by Crippen LogP contribution is 2.24. The van der Waals surface area contributed by atoms with Crippen LogP contribution in [-0.4, -0.2) is 43.5 Å². The summed E-state index contributed by atoms with van der Waals surface area (Å²) in [6.07, 6.45) is 1.37. The summed E-state index contributed by atoms with van der Waals surface area (Å²) in [7, 11) is 2.91. The number of ketones is 1. The fraction of sp³-hybridized carbons (Fsp3) is 0.130. The fourth-order valence-corrected chi connectivity index (χ4v) is 2.62. The van der Waals surface area contributed by atoms with Gasteiger partial charge in [0, 0.05) is 12.3 Å². The van der Waals surface area contributed by atoms with E-state index in [0.717, 1.165) is 0 Å². The van der Waals surface area contributed by atoms with Gasteiger partial charge in [-0.05, 0) is 36.4 Å². The molecular weight excluding hydrogens is 402 g/mol. The Labute approximate surface area is 178 Å². The molecule has 8 heteroatoms. The lowest BCUT2D eigenvalue weighted by Gasteiger charge is -2.11. The van der Waals surface area contributed by atoms with Crippen molar-refractivity contribution >= 4 is 17.7 Å². The summed E-state index contributed by atoms with van der Waals surface area (Å²) in [5.74, 6) is -1.25. The number of Topliss-reactive ketones (excluding diaryl/α,β-unsaturated/α-hetero) is 1. The molecular formula is C23H19NO7. The average Bonchev–Trinajstić information content (AvgIpc) is 2.82. The summed E-state index contributed by atoms with van der Waals surface area (Å²) in [6.45, 7) is -0.553. The Hall–Kier alpha value is -4.20. The largest absolute Gasteiger partial charge is 0.497 e. The van der Waals surface area contributed by atoms with Crippen LogP contribution in [0.4, 0.5) is 0 Å². The van der Waals surface area contributed by atoms with Gasteiger partial charge in [0.25, 0.3) is 0 Å². The number of pyridine rings is 1. The predicted octanol–water partition coefficient (Wildman–Crippen LogP) is 3.36. The van der Waals surface area contributed by atoms with Gasteiger partial charge < -0.3 is 18.9 Å². The van der Waals surface area contributed by atoms with E-state index in [0.29, 0.717) is 17.1 Å². The number of nitrogens with zero attached hydrogens (tertiary/aromatic N) is 1. The summed E-state index contributed by atoms with van der Waals surface area (Å²) in [6, 6.07) is 15.8. The number of carbonyl (C=O) groups excluding carboxylic acids is 3. The van der Waals surface area contributed by atoms with Crippen molar-refractivity contribution in [2.45, 2.75) is 0 Å². The predicted molar refractivity (Wildman–Crippen MR) is 110 cm³/mol. The van der Waals surface area contributed by atoms with Gasteiger partial charge in [-0.1, -0.05) is 18.2 Å². The van der Waals surface area contributed by atoms with Gasteiger partial charge >= 0.3 is 11.9 Å². The van der Waals surface area contributed by atoms with E-state index in [4.69, 9.17) is 18.9 Å². The Morgan fingerprint density at radius 1 is 0.806 bits per heavy atom. The molecule has 8 nitrogen and oxygen atoms in total. The number of carbonyl (C=O) groups is 3. The van der Waals surface area contributed by atoms with Gasteiger partial charge in [-0.25, -0.2) is 14.6 Å². The van der Waals surface area contributed by atoms with Crippen LogP contribution in [0.2, 0.25) is 0 Å². The van der Waals surface area contributed by atoms with Crippen LogP contribution in [0.1, 0.15) is 31.2 Å². The van der Waals surface area contributed by atoms with Crippen LogP contribution in [0.5, 0.6) is 17.2 Å². The molecule has 1 heterocycles. The van der Waals surface area contributed by atoms with E-state index in [1.165, 1.54) is 44.7 Å². The van der Waals surface area contributed by atoms with Gasteiger partial charge in [0.05, 0.1) is 25.3 Å². The third kappa shape index (κ3) is 5.45. The first kappa shape index (κ1) is 21.5. The first-order chi connectivity index (χ1) is 15.0. The number of esters is 2. The molecule has 0 radical (unpaired) electrons. The zero-order valence-electron chi connectivity index (χ0n) is 16.9. The third-order valence-corrected chi connectivity index (χ3v) is 4.17. The van der Waals surface area contributed by atoms with Crippen LogP contribution in [0, 0.1) is 0 Å². The van der Waals surface area contributed by atoms with Crippen LogP contribution >= 0.6 is 0 Å². The highest BCUT2D eigenvalue weighted by atomic mass is 16.5. The highest BCUT2D eigenvalue weighted by molar-refractivity contribution is 6.01. The van der Waals surface area contributed by atoms with Crippen LogP contribution in [0.15, 0.2) is 66.9 Å². The molecule has 158 valence electrons. The van der Waals surface area contributed by atoms with Crippen molar-refractivity contribution in [3.05, 3.63) is 83.7 Å². The average molecular weight is 421 g/mol. The molecule has 1 aromatic heterocycles. The lowest BCUT2D eigenvalue weighted by molar-refractivity contribution is 0.0471. The molecule has 0 aliphatic carbocycles. The standard InChI is InChI=1S/C23H19NO7/c1-28-17-11-16(12-18(13-17)29-2)23(27)31-20-9-6-10-24-21(20)19(25)14-30-22(26)15-7-4-3-5-8-15/h3-13H,14H2,1-2H3. The Balaban J connectivity index is 1.73. The summed E-state index contributed by atoms with van der Waals surface area (Å²) < 4.78 is 20.7. The van der Waals surface area contributed by atoms with E-state index in [9.17, 15) is 14.4 Å². The minimum Gasteiger partial charge on any atom is -0.497 e. The smallest absolute Gasteiger partial charge is 0.343 e. The van der Waals surface area contributed by atoms with Crippen LogP contribution < -0.4 is 14.2 Å². The van der Waals surface area contributed by atoms with Gasteiger partial charge in [-0.3, -0.25) is 4.79 Å². The molecule has 2 aromatic carbocycles. The number of hydrogen-bond donors (Lipinski definition) is 0. The molecule has 0 aliphatic heterocycles. The monoisotopic (exact) mass is 421 g/mol. The lowest BCUT2D eigenvalue weighted by Crippen LogP contribution is -2.18. The molecule has 3 rings (SSSR count). The molecule has 0 spiro atoms. The maximum Gasteiger partial charge on any atom is 0.343 e. The van der Waals surface area contributed by atoms with Crippen molar-refractivity contribution in [2.75, 3.05) is 20.8 Å². The van der Waals surface area contributed by atoms with Crippen molar-refractivity contribution < 1.29 is 33.3 Å². The third-order valence-electron chi connectivity index (χ3n) is 4.17. The lowest BCUT2D eigenvalue weighted by atomic mass is 10.2. The number of rotatable bonds is 8. The maximum absolute atomic E-state index is 12.6. The summed E-state index contributed by atoms with van der Waals surface area (Å²) in [5.41, 5.74) is 0.343. The molecule has 0 aliphatic rings. The zero-order chi connectivity index (χ0) is 22.2. The first-order valence-corrected chi connectivity index (χ1v) is 9.17. The summed E-state index contributed by atoms with van der Waals surface area (Å²) >= 11 is 0.